The average Bonchev–Trinajstić information content (AvgIpc) is 3.89. The first-order valence-corrected chi connectivity index (χ1v) is 17.7. The largest absolute Gasteiger partial charge is 0.497 e. The highest BCUT2D eigenvalue weighted by Crippen LogP contribution is 2.51. The Morgan fingerprint density at radius 1 is 1.00 bits per heavy atom. The minimum absolute atomic E-state index is 0.0571. The van der Waals surface area contributed by atoms with Crippen molar-refractivity contribution in [2.75, 3.05) is 101 Å². The summed E-state index contributed by atoms with van der Waals surface area (Å²) in [5, 5.41) is 10.6. The van der Waals surface area contributed by atoms with E-state index in [0.717, 1.165) is 124 Å². The second-order valence-corrected chi connectivity index (χ2v) is 13.9. The number of benzene rings is 1. The van der Waals surface area contributed by atoms with E-state index in [1.54, 1.807) is 13.4 Å². The first-order chi connectivity index (χ1) is 23.4. The van der Waals surface area contributed by atoms with Gasteiger partial charge in [-0.25, -0.2) is 9.97 Å². The van der Waals surface area contributed by atoms with Crippen molar-refractivity contribution in [3.63, 3.8) is 0 Å². The Labute approximate surface area is 288 Å². The molecule has 2 unspecified atom stereocenters. The second-order valence-electron chi connectivity index (χ2n) is 13.5. The zero-order chi connectivity index (χ0) is 33.2. The van der Waals surface area contributed by atoms with E-state index in [2.05, 4.69) is 60.6 Å². The summed E-state index contributed by atoms with van der Waals surface area (Å²) in [4.78, 5) is 31.0. The molecule has 1 saturated carbocycles. The van der Waals surface area contributed by atoms with Crippen LogP contribution in [-0.4, -0.2) is 115 Å². The normalized spacial score (nSPS) is 22.8. The van der Waals surface area contributed by atoms with Crippen molar-refractivity contribution in [1.29, 1.82) is 0 Å². The molecular formula is C35H47N9O3S. The number of likely N-dealkylation sites (N-methyl/N-ethyl adjacent to an activating group) is 1. The van der Waals surface area contributed by atoms with Crippen LogP contribution in [0.1, 0.15) is 37.7 Å². The summed E-state index contributed by atoms with van der Waals surface area (Å²) >= 11 is 5.79. The van der Waals surface area contributed by atoms with Crippen molar-refractivity contribution in [3.8, 4) is 0 Å². The van der Waals surface area contributed by atoms with E-state index in [0.29, 0.717) is 11.7 Å². The number of carbonyl (C=O) groups is 1. The topological polar surface area (TPSA) is 110 Å². The molecule has 7 rings (SSSR count). The molecule has 2 aliphatic carbocycles. The highest BCUT2D eigenvalue weighted by molar-refractivity contribution is 7.80. The molecule has 2 saturated heterocycles. The number of nitrogens with zero attached hydrogens (tertiary/aromatic N) is 6. The summed E-state index contributed by atoms with van der Waals surface area (Å²) in [5.74, 6) is 3.89. The molecule has 3 N–H and O–H groups in total. The van der Waals surface area contributed by atoms with Gasteiger partial charge in [-0.15, -0.1) is 0 Å². The lowest BCUT2D eigenvalue weighted by molar-refractivity contribution is -0.117. The molecule has 0 radical (unpaired) electrons. The van der Waals surface area contributed by atoms with Crippen molar-refractivity contribution in [2.45, 2.75) is 32.1 Å². The number of rotatable bonds is 10. The molecule has 0 spiro atoms. The number of ether oxygens (including phenoxy) is 2. The summed E-state index contributed by atoms with van der Waals surface area (Å²) < 4.78 is 12.3. The van der Waals surface area contributed by atoms with E-state index in [-0.39, 0.29) is 23.7 Å². The number of amides is 1. The Hall–Kier alpha value is -3.94. The van der Waals surface area contributed by atoms with Gasteiger partial charge in [-0.05, 0) is 62.8 Å². The smallest absolute Gasteiger partial charge is 0.227 e. The van der Waals surface area contributed by atoms with Crippen LogP contribution in [0.5, 0.6) is 0 Å². The van der Waals surface area contributed by atoms with Gasteiger partial charge in [0.15, 0.2) is 10.9 Å². The van der Waals surface area contributed by atoms with Crippen LogP contribution < -0.4 is 20.9 Å². The number of fused-ring (bicyclic) bond motifs is 3. The third-order valence-electron chi connectivity index (χ3n) is 10.1. The molecule has 1 amide bonds. The SMILES string of the molecule is COC1=C(OCCCN2CCN(C)CC2)C=C2Nc3ncnc(N4CCN(C(=S)Nc5ccc(NC(=O)C6CC6)cc5)CC4)c3C2C1C. The van der Waals surface area contributed by atoms with Gasteiger partial charge in [-0.3, -0.25) is 4.79 Å². The monoisotopic (exact) mass is 673 g/mol. The fourth-order valence-corrected chi connectivity index (χ4v) is 7.42. The van der Waals surface area contributed by atoms with Crippen LogP contribution in [0.3, 0.4) is 0 Å². The minimum Gasteiger partial charge on any atom is -0.497 e. The Morgan fingerprint density at radius 2 is 1.71 bits per heavy atom. The van der Waals surface area contributed by atoms with Crippen LogP contribution in [0.2, 0.25) is 0 Å². The predicted octanol–water partition coefficient (Wildman–Crippen LogP) is 3.90. The molecule has 3 fully saturated rings. The number of anilines is 4. The lowest BCUT2D eigenvalue weighted by Crippen LogP contribution is -2.50. The number of methoxy groups -OCH3 is 1. The predicted molar refractivity (Wildman–Crippen MR) is 192 cm³/mol. The fraction of sp³-hybridized carbons (Fsp3) is 0.543. The number of allylic oxidation sites excluding steroid dienone is 3. The van der Waals surface area contributed by atoms with Gasteiger partial charge in [0, 0.05) is 105 Å². The lowest BCUT2D eigenvalue weighted by Gasteiger charge is -2.38. The van der Waals surface area contributed by atoms with Gasteiger partial charge >= 0.3 is 0 Å². The Balaban J connectivity index is 0.949. The van der Waals surface area contributed by atoms with E-state index in [4.69, 9.17) is 26.7 Å². The minimum atomic E-state index is 0.0571. The zero-order valence-electron chi connectivity index (χ0n) is 28.2. The quantitative estimate of drug-likeness (QED) is 0.252. The van der Waals surface area contributed by atoms with Gasteiger partial charge in [-0.1, -0.05) is 6.92 Å². The Bertz CT molecular complexity index is 1560. The summed E-state index contributed by atoms with van der Waals surface area (Å²) in [7, 11) is 3.92. The Morgan fingerprint density at radius 3 is 2.40 bits per heavy atom. The lowest BCUT2D eigenvalue weighted by atomic mass is 9.82. The molecule has 12 nitrogen and oxygen atoms in total. The molecule has 256 valence electrons. The van der Waals surface area contributed by atoms with E-state index in [1.807, 2.05) is 24.3 Å². The molecular weight excluding hydrogens is 627 g/mol. The number of hydrogen-bond acceptors (Lipinski definition) is 10. The molecule has 1 aromatic heterocycles. The fourth-order valence-electron chi connectivity index (χ4n) is 7.12. The maximum atomic E-state index is 12.1. The molecule has 48 heavy (non-hydrogen) atoms. The first kappa shape index (κ1) is 32.6. The maximum Gasteiger partial charge on any atom is 0.227 e. The van der Waals surface area contributed by atoms with Crippen molar-refractivity contribution in [1.82, 2.24) is 24.7 Å². The van der Waals surface area contributed by atoms with Crippen LogP contribution in [0.15, 0.2) is 53.9 Å². The Kier molecular flexibility index (Phi) is 9.69. The molecule has 3 aliphatic heterocycles. The van der Waals surface area contributed by atoms with Crippen LogP contribution in [-0.2, 0) is 14.3 Å². The van der Waals surface area contributed by atoms with Gasteiger partial charge in [-0.2, -0.15) is 0 Å². The number of nitrogens with one attached hydrogen (secondary N) is 3. The third kappa shape index (κ3) is 7.08. The summed E-state index contributed by atoms with van der Waals surface area (Å²) in [6.07, 6.45) is 6.70. The van der Waals surface area contributed by atoms with E-state index < -0.39 is 0 Å². The third-order valence-corrected chi connectivity index (χ3v) is 10.5. The summed E-state index contributed by atoms with van der Waals surface area (Å²) in [6, 6.07) is 7.73. The van der Waals surface area contributed by atoms with Crippen LogP contribution in [0.4, 0.5) is 23.0 Å². The van der Waals surface area contributed by atoms with Gasteiger partial charge < -0.3 is 45.0 Å². The highest BCUT2D eigenvalue weighted by Gasteiger charge is 2.42. The summed E-state index contributed by atoms with van der Waals surface area (Å²) in [5.41, 5.74) is 3.90. The van der Waals surface area contributed by atoms with Crippen molar-refractivity contribution in [2.24, 2.45) is 11.8 Å². The van der Waals surface area contributed by atoms with E-state index in [1.165, 1.54) is 0 Å². The van der Waals surface area contributed by atoms with Gasteiger partial charge in [0.25, 0.3) is 0 Å². The molecule has 1 aromatic carbocycles. The molecule has 2 atom stereocenters. The molecule has 0 bridgehead atoms. The zero-order valence-corrected chi connectivity index (χ0v) is 29.0. The number of aromatic nitrogens is 2. The van der Waals surface area contributed by atoms with Gasteiger partial charge in [0.1, 0.15) is 23.7 Å². The molecule has 2 aromatic rings. The van der Waals surface area contributed by atoms with Gasteiger partial charge in [0.2, 0.25) is 5.91 Å². The number of carbonyl (C=O) groups excluding carboxylic acids is 1. The summed E-state index contributed by atoms with van der Waals surface area (Å²) in [6.45, 7) is 11.5. The van der Waals surface area contributed by atoms with Crippen molar-refractivity contribution in [3.05, 3.63) is 59.4 Å². The van der Waals surface area contributed by atoms with Crippen LogP contribution in [0.25, 0.3) is 0 Å². The number of hydrogen-bond donors (Lipinski definition) is 3. The standard InChI is InChI=1S/C35H47N9O3S/c1-23-29-27(21-28(31(23)46-3)47-20-4-11-42-14-12-41(2)13-15-42)40-32-30(29)33(37-22-36-32)43-16-18-44(19-17-43)35(48)39-26-9-7-25(8-10-26)38-34(45)24-5-6-24/h7-10,21-24,29H,4-6,11-20H2,1-3H3,(H,38,45)(H,39,48)(H,36,37,40). The van der Waals surface area contributed by atoms with E-state index in [9.17, 15) is 4.79 Å². The maximum absolute atomic E-state index is 12.1. The van der Waals surface area contributed by atoms with Crippen molar-refractivity contribution < 1.29 is 14.3 Å². The molecule has 13 heteroatoms. The average molecular weight is 674 g/mol. The van der Waals surface area contributed by atoms with Crippen LogP contribution >= 0.6 is 12.2 Å². The highest BCUT2D eigenvalue weighted by atomic mass is 32.1. The molecule has 5 aliphatic rings. The van der Waals surface area contributed by atoms with Gasteiger partial charge in [0.05, 0.1) is 13.7 Å². The second kappa shape index (κ2) is 14.3. The molecule has 4 heterocycles. The van der Waals surface area contributed by atoms with E-state index >= 15 is 0 Å². The number of thiocarbonyl (C=S) groups is 1. The van der Waals surface area contributed by atoms with Crippen molar-refractivity contribution >= 4 is 46.2 Å². The first-order valence-electron chi connectivity index (χ1n) is 17.2. The number of piperazine rings is 2. The van der Waals surface area contributed by atoms with Crippen LogP contribution in [0, 0.1) is 11.8 Å².